The van der Waals surface area contributed by atoms with Gasteiger partial charge in [0.15, 0.2) is 0 Å². The summed E-state index contributed by atoms with van der Waals surface area (Å²) < 4.78 is 0. The highest BCUT2D eigenvalue weighted by molar-refractivity contribution is 5.16. The monoisotopic (exact) mass is 152 g/mol. The average molecular weight is 152 g/mol. The first-order chi connectivity index (χ1) is 5.24. The third-order valence-electron chi connectivity index (χ3n) is 1.50. The van der Waals surface area contributed by atoms with Crippen molar-refractivity contribution in [3.63, 3.8) is 0 Å². The molecule has 1 atom stereocenters. The van der Waals surface area contributed by atoms with Gasteiger partial charge < -0.3 is 10.8 Å². The third-order valence-corrected chi connectivity index (χ3v) is 1.50. The van der Waals surface area contributed by atoms with Gasteiger partial charge in [-0.2, -0.15) is 0 Å². The van der Waals surface area contributed by atoms with Crippen LogP contribution in [0, 0.1) is 6.92 Å². The van der Waals surface area contributed by atoms with Gasteiger partial charge in [0, 0.05) is 12.7 Å². The third kappa shape index (κ3) is 2.00. The van der Waals surface area contributed by atoms with Crippen LogP contribution >= 0.6 is 0 Å². The van der Waals surface area contributed by atoms with Crippen LogP contribution in [0.1, 0.15) is 17.4 Å². The second-order valence-corrected chi connectivity index (χ2v) is 2.51. The van der Waals surface area contributed by atoms with Gasteiger partial charge in [0.1, 0.15) is 6.10 Å². The van der Waals surface area contributed by atoms with Gasteiger partial charge in [0.05, 0.1) is 5.69 Å². The van der Waals surface area contributed by atoms with E-state index in [1.165, 1.54) is 0 Å². The SMILES string of the molecule is Cc1ccnc([C@@H](O)CN)c1. The van der Waals surface area contributed by atoms with Crippen molar-refractivity contribution in [3.8, 4) is 0 Å². The Balaban J connectivity index is 2.86. The Labute approximate surface area is 65.9 Å². The molecule has 60 valence electrons. The smallest absolute Gasteiger partial charge is 0.108 e. The molecule has 3 nitrogen and oxygen atoms in total. The van der Waals surface area contributed by atoms with Gasteiger partial charge in [-0.25, -0.2) is 0 Å². The molecule has 0 saturated heterocycles. The van der Waals surface area contributed by atoms with E-state index in [0.717, 1.165) is 5.56 Å². The van der Waals surface area contributed by atoms with E-state index in [2.05, 4.69) is 4.98 Å². The van der Waals surface area contributed by atoms with Crippen molar-refractivity contribution in [1.29, 1.82) is 0 Å². The minimum Gasteiger partial charge on any atom is -0.385 e. The zero-order valence-electron chi connectivity index (χ0n) is 6.49. The van der Waals surface area contributed by atoms with E-state index in [0.29, 0.717) is 5.69 Å². The van der Waals surface area contributed by atoms with Gasteiger partial charge in [-0.15, -0.1) is 0 Å². The zero-order valence-corrected chi connectivity index (χ0v) is 6.49. The molecule has 11 heavy (non-hydrogen) atoms. The topological polar surface area (TPSA) is 59.1 Å². The zero-order chi connectivity index (χ0) is 8.27. The number of rotatable bonds is 2. The molecule has 0 unspecified atom stereocenters. The number of aliphatic hydroxyl groups is 1. The maximum atomic E-state index is 9.27. The lowest BCUT2D eigenvalue weighted by molar-refractivity contribution is 0.182. The van der Waals surface area contributed by atoms with Crippen molar-refractivity contribution in [1.82, 2.24) is 4.98 Å². The molecule has 0 aliphatic heterocycles. The molecule has 1 aromatic rings. The first kappa shape index (κ1) is 8.17. The van der Waals surface area contributed by atoms with Crippen molar-refractivity contribution >= 4 is 0 Å². The Morgan fingerprint density at radius 2 is 2.45 bits per heavy atom. The van der Waals surface area contributed by atoms with Crippen LogP contribution in [-0.2, 0) is 0 Å². The molecule has 1 heterocycles. The standard InChI is InChI=1S/C8H12N2O/c1-6-2-3-10-7(4-6)8(11)5-9/h2-4,8,11H,5,9H2,1H3/t8-/m0/s1. The highest BCUT2D eigenvalue weighted by Crippen LogP contribution is 2.08. The number of nitrogens with zero attached hydrogens (tertiary/aromatic N) is 1. The van der Waals surface area contributed by atoms with Crippen LogP contribution in [0.4, 0.5) is 0 Å². The molecule has 0 bridgehead atoms. The van der Waals surface area contributed by atoms with Crippen LogP contribution in [0.25, 0.3) is 0 Å². The lowest BCUT2D eigenvalue weighted by atomic mass is 10.2. The number of aryl methyl sites for hydroxylation is 1. The molecule has 0 aliphatic rings. The molecule has 1 rings (SSSR count). The van der Waals surface area contributed by atoms with E-state index < -0.39 is 6.10 Å². The Kier molecular flexibility index (Phi) is 2.57. The second-order valence-electron chi connectivity index (χ2n) is 2.51. The minimum absolute atomic E-state index is 0.219. The predicted molar refractivity (Wildman–Crippen MR) is 43.0 cm³/mol. The van der Waals surface area contributed by atoms with Crippen LogP contribution in [0.3, 0.4) is 0 Å². The molecule has 3 heteroatoms. The number of hydrogen-bond donors (Lipinski definition) is 2. The summed E-state index contributed by atoms with van der Waals surface area (Å²) >= 11 is 0. The lowest BCUT2D eigenvalue weighted by Gasteiger charge is -2.06. The summed E-state index contributed by atoms with van der Waals surface area (Å²) in [5.41, 5.74) is 7.00. The van der Waals surface area contributed by atoms with Crippen LogP contribution in [-0.4, -0.2) is 16.6 Å². The van der Waals surface area contributed by atoms with E-state index in [-0.39, 0.29) is 6.54 Å². The number of aromatic nitrogens is 1. The maximum absolute atomic E-state index is 9.27. The highest BCUT2D eigenvalue weighted by atomic mass is 16.3. The molecule has 0 fully saturated rings. The Morgan fingerprint density at radius 3 is 3.00 bits per heavy atom. The van der Waals surface area contributed by atoms with Gasteiger partial charge >= 0.3 is 0 Å². The first-order valence-corrected chi connectivity index (χ1v) is 3.54. The van der Waals surface area contributed by atoms with Crippen LogP contribution in [0.2, 0.25) is 0 Å². The summed E-state index contributed by atoms with van der Waals surface area (Å²) in [6.07, 6.45) is 1.04. The Bertz CT molecular complexity index is 237. The fourth-order valence-electron chi connectivity index (χ4n) is 0.863. The van der Waals surface area contributed by atoms with E-state index in [1.54, 1.807) is 6.20 Å². The molecule has 0 spiro atoms. The van der Waals surface area contributed by atoms with Crippen molar-refractivity contribution in [2.45, 2.75) is 13.0 Å². The Hall–Kier alpha value is -0.930. The Morgan fingerprint density at radius 1 is 1.73 bits per heavy atom. The van der Waals surface area contributed by atoms with E-state index in [4.69, 9.17) is 5.73 Å². The van der Waals surface area contributed by atoms with Gasteiger partial charge in [0.2, 0.25) is 0 Å². The quantitative estimate of drug-likeness (QED) is 0.644. The summed E-state index contributed by atoms with van der Waals surface area (Å²) in [6, 6.07) is 3.71. The normalized spacial score (nSPS) is 13.0. The summed E-state index contributed by atoms with van der Waals surface area (Å²) in [5.74, 6) is 0. The highest BCUT2D eigenvalue weighted by Gasteiger charge is 2.04. The fourth-order valence-corrected chi connectivity index (χ4v) is 0.863. The molecule has 0 aromatic carbocycles. The maximum Gasteiger partial charge on any atom is 0.108 e. The van der Waals surface area contributed by atoms with Crippen molar-refractivity contribution < 1.29 is 5.11 Å². The fraction of sp³-hybridized carbons (Fsp3) is 0.375. The number of nitrogens with two attached hydrogens (primary N) is 1. The van der Waals surface area contributed by atoms with Gasteiger partial charge in [-0.3, -0.25) is 4.98 Å². The average Bonchev–Trinajstić information content (AvgIpc) is 2.03. The van der Waals surface area contributed by atoms with E-state index in [9.17, 15) is 5.11 Å². The van der Waals surface area contributed by atoms with E-state index in [1.807, 2.05) is 19.1 Å². The summed E-state index contributed by atoms with van der Waals surface area (Å²) in [7, 11) is 0. The number of aliphatic hydroxyl groups excluding tert-OH is 1. The molecular formula is C8H12N2O. The minimum atomic E-state index is -0.630. The number of pyridine rings is 1. The number of hydrogen-bond acceptors (Lipinski definition) is 3. The molecular weight excluding hydrogens is 140 g/mol. The molecule has 0 saturated carbocycles. The van der Waals surface area contributed by atoms with Crippen molar-refractivity contribution in [2.24, 2.45) is 5.73 Å². The van der Waals surface area contributed by atoms with Gasteiger partial charge in [-0.05, 0) is 24.6 Å². The van der Waals surface area contributed by atoms with Gasteiger partial charge in [-0.1, -0.05) is 0 Å². The molecule has 0 radical (unpaired) electrons. The van der Waals surface area contributed by atoms with E-state index >= 15 is 0 Å². The molecule has 1 aromatic heterocycles. The summed E-state index contributed by atoms with van der Waals surface area (Å²) in [6.45, 7) is 2.17. The molecule has 0 aliphatic carbocycles. The van der Waals surface area contributed by atoms with Crippen molar-refractivity contribution in [3.05, 3.63) is 29.6 Å². The van der Waals surface area contributed by atoms with Gasteiger partial charge in [0.25, 0.3) is 0 Å². The first-order valence-electron chi connectivity index (χ1n) is 3.54. The summed E-state index contributed by atoms with van der Waals surface area (Å²) in [4.78, 5) is 3.98. The van der Waals surface area contributed by atoms with Crippen molar-refractivity contribution in [2.75, 3.05) is 6.54 Å². The van der Waals surface area contributed by atoms with Crippen LogP contribution in [0.5, 0.6) is 0 Å². The summed E-state index contributed by atoms with van der Waals surface area (Å²) in [5, 5.41) is 9.27. The predicted octanol–water partition coefficient (Wildman–Crippen LogP) is 0.382. The lowest BCUT2D eigenvalue weighted by Crippen LogP contribution is -2.12. The largest absolute Gasteiger partial charge is 0.385 e. The second kappa shape index (κ2) is 3.46. The molecule has 3 N–H and O–H groups in total. The van der Waals surface area contributed by atoms with Crippen LogP contribution in [0.15, 0.2) is 18.3 Å². The molecule has 0 amide bonds. The van der Waals surface area contributed by atoms with Crippen LogP contribution < -0.4 is 5.73 Å².